The van der Waals surface area contributed by atoms with E-state index in [0.717, 1.165) is 34.7 Å². The molecule has 46 heavy (non-hydrogen) atoms. The van der Waals surface area contributed by atoms with Gasteiger partial charge in [-0.2, -0.15) is 9.97 Å². The van der Waals surface area contributed by atoms with Crippen molar-refractivity contribution in [3.05, 3.63) is 76.5 Å². The van der Waals surface area contributed by atoms with Gasteiger partial charge in [-0.05, 0) is 51.0 Å². The van der Waals surface area contributed by atoms with Gasteiger partial charge in [-0.25, -0.2) is 11.0 Å². The molecule has 3 aliphatic heterocycles. The maximum Gasteiger partial charge on any atom is 0.318 e. The largest absolute Gasteiger partial charge is 0.463 e. The molecule has 3 aromatic rings. The molecule has 0 spiro atoms. The highest BCUT2D eigenvalue weighted by Gasteiger charge is 2.41. The van der Waals surface area contributed by atoms with Crippen LogP contribution in [0, 0.1) is 17.8 Å². The quantitative estimate of drug-likeness (QED) is 0.249. The number of hydrogen-bond acceptors (Lipinski definition) is 8. The molecule has 10 nitrogen and oxygen atoms in total. The third-order valence-electron chi connectivity index (χ3n) is 9.14. The summed E-state index contributed by atoms with van der Waals surface area (Å²) in [6.07, 6.45) is 1.94. The molecule has 242 valence electrons. The van der Waals surface area contributed by atoms with Crippen LogP contribution < -0.4 is 14.5 Å². The highest BCUT2D eigenvalue weighted by Crippen LogP contribution is 2.40. The first-order valence-electron chi connectivity index (χ1n) is 15.5. The SMILES string of the molecule is [C-]#[N+]C[C@H]1CN(c2nc(OCC3(CN(C)C)COC3)nc3c2C[C@@H](C)N(c2cccc4ccc(F)c(Cl)c24)C3)CCN1C(=O)C=C. The molecule has 0 radical (unpaired) electrons. The van der Waals surface area contributed by atoms with Gasteiger partial charge < -0.3 is 33.9 Å². The van der Waals surface area contributed by atoms with Gasteiger partial charge in [0, 0.05) is 48.9 Å². The van der Waals surface area contributed by atoms with Crippen molar-refractivity contribution in [3.8, 4) is 6.01 Å². The van der Waals surface area contributed by atoms with Crippen LogP contribution in [0.15, 0.2) is 43.0 Å². The Kier molecular flexibility index (Phi) is 9.06. The van der Waals surface area contributed by atoms with Crippen molar-refractivity contribution in [2.24, 2.45) is 5.41 Å². The molecule has 2 atom stereocenters. The Balaban J connectivity index is 1.38. The van der Waals surface area contributed by atoms with Gasteiger partial charge in [0.05, 0.1) is 35.9 Å². The highest BCUT2D eigenvalue weighted by molar-refractivity contribution is 6.36. The van der Waals surface area contributed by atoms with E-state index in [-0.39, 0.29) is 41.0 Å². The molecule has 2 fully saturated rings. The Morgan fingerprint density at radius 1 is 1.28 bits per heavy atom. The fourth-order valence-corrected chi connectivity index (χ4v) is 7.22. The van der Waals surface area contributed by atoms with Crippen LogP contribution in [-0.4, -0.2) is 104 Å². The Labute approximate surface area is 274 Å². The zero-order chi connectivity index (χ0) is 32.6. The summed E-state index contributed by atoms with van der Waals surface area (Å²) in [6.45, 7) is 17.8. The normalized spacial score (nSPS) is 20.7. The third-order valence-corrected chi connectivity index (χ3v) is 9.51. The summed E-state index contributed by atoms with van der Waals surface area (Å²) >= 11 is 6.55. The first-order valence-corrected chi connectivity index (χ1v) is 15.9. The Morgan fingerprint density at radius 2 is 2.09 bits per heavy atom. The zero-order valence-corrected chi connectivity index (χ0v) is 27.3. The number of hydrogen-bond donors (Lipinski definition) is 0. The lowest BCUT2D eigenvalue weighted by Gasteiger charge is -2.43. The molecule has 4 heterocycles. The summed E-state index contributed by atoms with van der Waals surface area (Å²) in [5, 5.41) is 1.64. The Bertz CT molecular complexity index is 1690. The van der Waals surface area contributed by atoms with Gasteiger partial charge in [0.2, 0.25) is 12.5 Å². The molecule has 0 N–H and O–H groups in total. The average Bonchev–Trinajstić information content (AvgIpc) is 3.03. The van der Waals surface area contributed by atoms with E-state index in [1.807, 2.05) is 32.3 Å². The van der Waals surface area contributed by atoms with Gasteiger partial charge in [0.25, 0.3) is 0 Å². The lowest BCUT2D eigenvalue weighted by atomic mass is 9.86. The average molecular weight is 648 g/mol. The van der Waals surface area contributed by atoms with E-state index in [4.69, 9.17) is 37.6 Å². The predicted molar refractivity (Wildman–Crippen MR) is 177 cm³/mol. The molecule has 2 aromatic carbocycles. The molecule has 3 aliphatic rings. The van der Waals surface area contributed by atoms with Crippen molar-refractivity contribution >= 4 is 39.8 Å². The van der Waals surface area contributed by atoms with Gasteiger partial charge in [0.1, 0.15) is 24.3 Å². The molecule has 6 rings (SSSR count). The molecule has 0 saturated carbocycles. The maximum absolute atomic E-state index is 14.7. The minimum absolute atomic E-state index is 0.0182. The number of anilines is 2. The van der Waals surface area contributed by atoms with Gasteiger partial charge in [-0.1, -0.05) is 36.4 Å². The molecular formula is C34H39ClFN7O3. The van der Waals surface area contributed by atoms with Crippen molar-refractivity contribution < 1.29 is 18.7 Å². The highest BCUT2D eigenvalue weighted by atomic mass is 35.5. The number of aromatic nitrogens is 2. The molecule has 0 aliphatic carbocycles. The van der Waals surface area contributed by atoms with Gasteiger partial charge in [-0.3, -0.25) is 4.79 Å². The number of carbonyl (C=O) groups is 1. The van der Waals surface area contributed by atoms with Crippen LogP contribution >= 0.6 is 11.6 Å². The molecule has 1 aromatic heterocycles. The number of fused-ring (bicyclic) bond motifs is 2. The number of piperazine rings is 1. The maximum atomic E-state index is 14.7. The van der Waals surface area contributed by atoms with E-state index in [2.05, 4.69) is 33.0 Å². The van der Waals surface area contributed by atoms with Crippen LogP contribution in [0.5, 0.6) is 6.01 Å². The minimum Gasteiger partial charge on any atom is -0.463 e. The van der Waals surface area contributed by atoms with Crippen molar-refractivity contribution in [3.63, 3.8) is 0 Å². The van der Waals surface area contributed by atoms with E-state index in [1.165, 1.54) is 12.1 Å². The second-order valence-electron chi connectivity index (χ2n) is 12.9. The van der Waals surface area contributed by atoms with Gasteiger partial charge >= 0.3 is 6.01 Å². The standard InChI is InChI=1S/C34H39ClFN7O3/c1-6-29(44)42-13-12-41(16-24(42)15-37-3)32-25-14-22(2)43(28-9-7-8-23-10-11-26(36)31(35)30(23)28)17-27(25)38-33(39-32)46-21-34(18-40(4)5)19-45-20-34/h6-11,22,24H,1,12-21H2,2,4-5H3/t22-,24+/m1/s1. The number of rotatable bonds is 9. The van der Waals surface area contributed by atoms with Crippen molar-refractivity contribution in [2.45, 2.75) is 32.0 Å². The van der Waals surface area contributed by atoms with Crippen molar-refractivity contribution in [1.29, 1.82) is 0 Å². The molecular weight excluding hydrogens is 609 g/mol. The van der Waals surface area contributed by atoms with Gasteiger partial charge in [-0.15, -0.1) is 0 Å². The fraction of sp³-hybridized carbons (Fsp3) is 0.471. The third kappa shape index (κ3) is 6.09. The number of carbonyl (C=O) groups excluding carboxylic acids is 1. The second kappa shape index (κ2) is 13.0. The first-order chi connectivity index (χ1) is 22.1. The zero-order valence-electron chi connectivity index (χ0n) is 26.5. The molecule has 0 unspecified atom stereocenters. The summed E-state index contributed by atoms with van der Waals surface area (Å²) < 4.78 is 26.6. The molecule has 2 saturated heterocycles. The number of halogens is 2. The summed E-state index contributed by atoms with van der Waals surface area (Å²) in [6, 6.07) is 9.01. The summed E-state index contributed by atoms with van der Waals surface area (Å²) in [7, 11) is 4.07. The first kappa shape index (κ1) is 32.0. The summed E-state index contributed by atoms with van der Waals surface area (Å²) in [5.41, 5.74) is 2.52. The summed E-state index contributed by atoms with van der Waals surface area (Å²) in [4.78, 5) is 34.4. The predicted octanol–water partition coefficient (Wildman–Crippen LogP) is 4.45. The van der Waals surface area contributed by atoms with Crippen LogP contribution in [0.2, 0.25) is 5.02 Å². The minimum atomic E-state index is -0.457. The van der Waals surface area contributed by atoms with E-state index in [1.54, 1.807) is 11.0 Å². The van der Waals surface area contributed by atoms with Crippen molar-refractivity contribution in [1.82, 2.24) is 19.8 Å². The molecule has 1 amide bonds. The van der Waals surface area contributed by atoms with E-state index in [9.17, 15) is 9.18 Å². The van der Waals surface area contributed by atoms with E-state index in [0.29, 0.717) is 57.8 Å². The van der Waals surface area contributed by atoms with Crippen LogP contribution in [0.1, 0.15) is 18.2 Å². The van der Waals surface area contributed by atoms with Crippen LogP contribution in [0.3, 0.4) is 0 Å². The topological polar surface area (TPSA) is 78.6 Å². The van der Waals surface area contributed by atoms with Crippen LogP contribution in [-0.2, 0) is 22.5 Å². The smallest absolute Gasteiger partial charge is 0.318 e. The van der Waals surface area contributed by atoms with Crippen LogP contribution in [0.25, 0.3) is 15.6 Å². The number of ether oxygens (including phenoxy) is 2. The molecule has 12 heteroatoms. The number of nitrogens with zero attached hydrogens (tertiary/aromatic N) is 7. The molecule has 0 bridgehead atoms. The lowest BCUT2D eigenvalue weighted by Crippen LogP contribution is -2.56. The fourth-order valence-electron chi connectivity index (χ4n) is 6.95. The Hall–Kier alpha value is -3.98. The van der Waals surface area contributed by atoms with E-state index < -0.39 is 5.82 Å². The van der Waals surface area contributed by atoms with Gasteiger partial charge in [0.15, 0.2) is 0 Å². The van der Waals surface area contributed by atoms with Crippen molar-refractivity contribution in [2.75, 3.05) is 76.4 Å². The second-order valence-corrected chi connectivity index (χ2v) is 13.2. The Morgan fingerprint density at radius 3 is 2.78 bits per heavy atom. The number of benzene rings is 2. The monoisotopic (exact) mass is 647 g/mol. The van der Waals surface area contributed by atoms with E-state index >= 15 is 0 Å². The summed E-state index contributed by atoms with van der Waals surface area (Å²) in [5.74, 6) is 0.132. The lowest BCUT2D eigenvalue weighted by molar-refractivity contribution is -0.140. The number of amides is 1. The van der Waals surface area contributed by atoms with Crippen LogP contribution in [0.4, 0.5) is 15.9 Å².